The van der Waals surface area contributed by atoms with E-state index in [0.717, 1.165) is 12.5 Å². The molecule has 0 bridgehead atoms. The van der Waals surface area contributed by atoms with Gasteiger partial charge in [0, 0.05) is 16.7 Å². The van der Waals surface area contributed by atoms with E-state index in [1.807, 2.05) is 6.92 Å². The van der Waals surface area contributed by atoms with Crippen molar-refractivity contribution in [3.8, 4) is 0 Å². The molecule has 0 heterocycles. The van der Waals surface area contributed by atoms with Crippen LogP contribution >= 0.6 is 45.5 Å². The number of nitrogens with one attached hydrogen (secondary N) is 1. The van der Waals surface area contributed by atoms with E-state index in [1.165, 1.54) is 0 Å². The maximum Gasteiger partial charge on any atom is 0.262 e. The van der Waals surface area contributed by atoms with Crippen LogP contribution in [0, 0.1) is 5.92 Å². The maximum absolute atomic E-state index is 12.1. The van der Waals surface area contributed by atoms with Gasteiger partial charge in [0.05, 0.1) is 20.6 Å². The lowest BCUT2D eigenvalue weighted by atomic mass is 10.2. The van der Waals surface area contributed by atoms with E-state index < -0.39 is 19.9 Å². The molecule has 1 aliphatic rings. The third-order valence-electron chi connectivity index (χ3n) is 3.04. The molecule has 1 aliphatic carbocycles. The molecule has 1 amide bonds. The Balaban J connectivity index is 2.51. The largest absolute Gasteiger partial charge is 0.349 e. The number of amides is 1. The van der Waals surface area contributed by atoms with Crippen LogP contribution in [0.5, 0.6) is 0 Å². The molecule has 0 spiro atoms. The highest BCUT2D eigenvalue weighted by atomic mass is 35.7. The molecule has 1 aromatic carbocycles. The first-order valence-corrected chi connectivity index (χ1v) is 9.00. The SMILES string of the molecule is CC1CC1NC(=O)c1c(Cl)c(Cl)cc(S(=O)(=O)Cl)c1Cl. The third-order valence-corrected chi connectivity index (χ3v) is 5.68. The Morgan fingerprint density at radius 1 is 1.30 bits per heavy atom. The number of carbonyl (C=O) groups excluding carboxylic acids is 1. The Labute approximate surface area is 135 Å². The fraction of sp³-hybridized carbons (Fsp3) is 0.364. The lowest BCUT2D eigenvalue weighted by molar-refractivity contribution is 0.0949. The predicted octanol–water partition coefficient (Wildman–Crippen LogP) is 3.71. The Bertz CT molecular complexity index is 689. The minimum atomic E-state index is -4.14. The van der Waals surface area contributed by atoms with E-state index in [-0.39, 0.29) is 26.7 Å². The molecule has 0 aromatic heterocycles. The minimum absolute atomic E-state index is 0.0321. The van der Waals surface area contributed by atoms with Gasteiger partial charge in [0.2, 0.25) is 0 Å². The van der Waals surface area contributed by atoms with Crippen LogP contribution in [-0.4, -0.2) is 20.4 Å². The summed E-state index contributed by atoms with van der Waals surface area (Å²) in [6.07, 6.45) is 0.849. The van der Waals surface area contributed by atoms with Gasteiger partial charge in [0.1, 0.15) is 4.90 Å². The number of carbonyl (C=O) groups is 1. The van der Waals surface area contributed by atoms with Gasteiger partial charge in [-0.05, 0) is 18.4 Å². The smallest absolute Gasteiger partial charge is 0.262 e. The van der Waals surface area contributed by atoms with E-state index >= 15 is 0 Å². The van der Waals surface area contributed by atoms with Gasteiger partial charge in [-0.25, -0.2) is 8.42 Å². The normalized spacial score (nSPS) is 21.6. The summed E-state index contributed by atoms with van der Waals surface area (Å²) in [7, 11) is 1.13. The highest BCUT2D eigenvalue weighted by Gasteiger charge is 2.35. The van der Waals surface area contributed by atoms with Crippen molar-refractivity contribution >= 4 is 60.4 Å². The van der Waals surface area contributed by atoms with Crippen molar-refractivity contribution in [3.05, 3.63) is 26.7 Å². The first kappa shape index (κ1) is 16.2. The minimum Gasteiger partial charge on any atom is -0.349 e. The summed E-state index contributed by atoms with van der Waals surface area (Å²) in [5.74, 6) is -0.203. The molecule has 1 fully saturated rings. The maximum atomic E-state index is 12.1. The molecule has 1 N–H and O–H groups in total. The molecule has 1 aromatic rings. The van der Waals surface area contributed by atoms with Gasteiger partial charge in [0.15, 0.2) is 0 Å². The molecule has 1 saturated carbocycles. The first-order chi connectivity index (χ1) is 9.12. The van der Waals surface area contributed by atoms with Crippen molar-refractivity contribution in [2.24, 2.45) is 5.92 Å². The van der Waals surface area contributed by atoms with Crippen molar-refractivity contribution in [3.63, 3.8) is 0 Å². The number of hydrogen-bond acceptors (Lipinski definition) is 3. The first-order valence-electron chi connectivity index (χ1n) is 5.56. The molecular formula is C11H9Cl4NO3S. The summed E-state index contributed by atoms with van der Waals surface area (Å²) in [5, 5.41) is 2.16. The third kappa shape index (κ3) is 3.17. The molecule has 0 aliphatic heterocycles. The van der Waals surface area contributed by atoms with Crippen LogP contribution in [0.25, 0.3) is 0 Å². The second-order valence-corrected chi connectivity index (χ2v) is 8.29. The van der Waals surface area contributed by atoms with Gasteiger partial charge in [-0.1, -0.05) is 41.7 Å². The molecule has 9 heteroatoms. The lowest BCUT2D eigenvalue weighted by Gasteiger charge is -2.12. The highest BCUT2D eigenvalue weighted by molar-refractivity contribution is 8.13. The van der Waals surface area contributed by atoms with Crippen LogP contribution in [0.2, 0.25) is 15.1 Å². The molecule has 0 radical (unpaired) electrons. The monoisotopic (exact) mass is 375 g/mol. The number of rotatable bonds is 3. The second kappa shape index (κ2) is 5.54. The highest BCUT2D eigenvalue weighted by Crippen LogP contribution is 2.38. The Hall–Kier alpha value is -0.200. The summed E-state index contributed by atoms with van der Waals surface area (Å²) < 4.78 is 22.9. The molecule has 20 heavy (non-hydrogen) atoms. The van der Waals surface area contributed by atoms with E-state index in [0.29, 0.717) is 5.92 Å². The second-order valence-electron chi connectivity index (χ2n) is 4.59. The van der Waals surface area contributed by atoms with Crippen LogP contribution < -0.4 is 5.32 Å². The molecular weight excluding hydrogens is 368 g/mol. The van der Waals surface area contributed by atoms with Gasteiger partial charge >= 0.3 is 0 Å². The van der Waals surface area contributed by atoms with Crippen LogP contribution in [0.1, 0.15) is 23.7 Å². The Morgan fingerprint density at radius 2 is 1.85 bits per heavy atom. The molecule has 110 valence electrons. The van der Waals surface area contributed by atoms with Crippen molar-refractivity contribution in [2.45, 2.75) is 24.3 Å². The van der Waals surface area contributed by atoms with Gasteiger partial charge < -0.3 is 5.32 Å². The fourth-order valence-electron chi connectivity index (χ4n) is 1.72. The number of benzene rings is 1. The Kier molecular flexibility index (Phi) is 4.48. The molecule has 4 nitrogen and oxygen atoms in total. The fourth-order valence-corrected chi connectivity index (χ4v) is 3.87. The summed E-state index contributed by atoms with van der Waals surface area (Å²) in [6.45, 7) is 1.97. The molecule has 2 rings (SSSR count). The van der Waals surface area contributed by atoms with Crippen LogP contribution in [0.3, 0.4) is 0 Å². The predicted molar refractivity (Wildman–Crippen MR) is 79.5 cm³/mol. The van der Waals surface area contributed by atoms with E-state index in [9.17, 15) is 13.2 Å². The lowest BCUT2D eigenvalue weighted by Crippen LogP contribution is -2.27. The van der Waals surface area contributed by atoms with Crippen molar-refractivity contribution in [1.82, 2.24) is 5.32 Å². The zero-order chi connectivity index (χ0) is 15.2. The standard InChI is InChI=1S/C11H9Cl4NO3S/c1-4-2-6(4)16-11(17)8-9(13)5(12)3-7(10(8)14)20(15,18)19/h3-4,6H,2H2,1H3,(H,16,17). The number of hydrogen-bond donors (Lipinski definition) is 1. The average molecular weight is 377 g/mol. The summed E-state index contributed by atoms with van der Waals surface area (Å²) >= 11 is 17.7. The van der Waals surface area contributed by atoms with E-state index in [1.54, 1.807) is 0 Å². The van der Waals surface area contributed by atoms with Crippen molar-refractivity contribution in [1.29, 1.82) is 0 Å². The quantitative estimate of drug-likeness (QED) is 0.645. The average Bonchev–Trinajstić information content (AvgIpc) is 2.98. The summed E-state index contributed by atoms with van der Waals surface area (Å²) in [6, 6.07) is 1.05. The van der Waals surface area contributed by atoms with Crippen LogP contribution in [-0.2, 0) is 9.05 Å². The molecule has 2 unspecified atom stereocenters. The zero-order valence-electron chi connectivity index (χ0n) is 10.1. The van der Waals surface area contributed by atoms with Crippen molar-refractivity contribution < 1.29 is 13.2 Å². The summed E-state index contributed by atoms with van der Waals surface area (Å²) in [5.41, 5.74) is -0.181. The van der Waals surface area contributed by atoms with E-state index in [2.05, 4.69) is 5.32 Å². The summed E-state index contributed by atoms with van der Waals surface area (Å²) in [4.78, 5) is 11.7. The van der Waals surface area contributed by atoms with Crippen LogP contribution in [0.4, 0.5) is 0 Å². The van der Waals surface area contributed by atoms with Gasteiger partial charge in [-0.2, -0.15) is 0 Å². The number of halogens is 4. The van der Waals surface area contributed by atoms with Crippen LogP contribution in [0.15, 0.2) is 11.0 Å². The molecule has 2 atom stereocenters. The van der Waals surface area contributed by atoms with E-state index in [4.69, 9.17) is 45.5 Å². The van der Waals surface area contributed by atoms with Crippen molar-refractivity contribution in [2.75, 3.05) is 0 Å². The van der Waals surface area contributed by atoms with Gasteiger partial charge in [-0.15, -0.1) is 0 Å². The van der Waals surface area contributed by atoms with Gasteiger partial charge in [-0.3, -0.25) is 4.79 Å². The topological polar surface area (TPSA) is 63.2 Å². The zero-order valence-corrected chi connectivity index (χ0v) is 13.9. The molecule has 0 saturated heterocycles. The van der Waals surface area contributed by atoms with Gasteiger partial charge in [0.25, 0.3) is 15.0 Å². The Morgan fingerprint density at radius 3 is 2.30 bits per heavy atom.